The van der Waals surface area contributed by atoms with Crippen molar-refractivity contribution in [1.29, 1.82) is 0 Å². The molecular formula is C23H28F3N3O. The molecule has 2 heterocycles. The standard InChI is InChI=1S/C23H28F3N3O/c1-16(2)15-27-10-4-11-28(14-13-27)19-7-8-20-21-17(19)5-3-6-18(21)22(30)29(20)12-9-23(24,25)26/h3,5-8,16H,4,9-15H2,1-2H3. The number of amides is 1. The number of rotatable bonds is 5. The summed E-state index contributed by atoms with van der Waals surface area (Å²) >= 11 is 0. The lowest BCUT2D eigenvalue weighted by Crippen LogP contribution is -2.33. The fourth-order valence-corrected chi connectivity index (χ4v) is 4.68. The summed E-state index contributed by atoms with van der Waals surface area (Å²) in [6.45, 7) is 9.08. The fraction of sp³-hybridized carbons (Fsp3) is 0.522. The van der Waals surface area contributed by atoms with E-state index in [9.17, 15) is 18.0 Å². The average Bonchev–Trinajstić information content (AvgIpc) is 2.81. The summed E-state index contributed by atoms with van der Waals surface area (Å²) in [6, 6.07) is 9.32. The lowest BCUT2D eigenvalue weighted by molar-refractivity contribution is -0.132. The molecule has 0 N–H and O–H groups in total. The van der Waals surface area contributed by atoms with Crippen molar-refractivity contribution < 1.29 is 18.0 Å². The van der Waals surface area contributed by atoms with Crippen LogP contribution < -0.4 is 9.80 Å². The van der Waals surface area contributed by atoms with Gasteiger partial charge in [-0.3, -0.25) is 4.79 Å². The Balaban J connectivity index is 1.64. The molecule has 2 aliphatic heterocycles. The van der Waals surface area contributed by atoms with Crippen molar-refractivity contribution in [3.05, 3.63) is 35.9 Å². The third kappa shape index (κ3) is 4.13. The van der Waals surface area contributed by atoms with Crippen LogP contribution in [0.25, 0.3) is 10.8 Å². The monoisotopic (exact) mass is 419 g/mol. The summed E-state index contributed by atoms with van der Waals surface area (Å²) < 4.78 is 38.3. The van der Waals surface area contributed by atoms with Crippen LogP contribution in [0.1, 0.15) is 37.0 Å². The molecule has 1 fully saturated rings. The van der Waals surface area contributed by atoms with Crippen molar-refractivity contribution in [2.24, 2.45) is 5.92 Å². The Morgan fingerprint density at radius 2 is 1.77 bits per heavy atom. The highest BCUT2D eigenvalue weighted by Gasteiger charge is 2.35. The van der Waals surface area contributed by atoms with Gasteiger partial charge >= 0.3 is 6.18 Å². The van der Waals surface area contributed by atoms with Crippen LogP contribution in [-0.2, 0) is 0 Å². The van der Waals surface area contributed by atoms with Crippen molar-refractivity contribution in [2.75, 3.05) is 49.1 Å². The minimum atomic E-state index is -4.29. The van der Waals surface area contributed by atoms with Crippen LogP contribution in [0.15, 0.2) is 30.3 Å². The third-order valence-electron chi connectivity index (χ3n) is 5.93. The van der Waals surface area contributed by atoms with Gasteiger partial charge in [-0.2, -0.15) is 13.2 Å². The molecule has 0 atom stereocenters. The smallest absolute Gasteiger partial charge is 0.370 e. The molecule has 162 valence electrons. The summed E-state index contributed by atoms with van der Waals surface area (Å²) in [5.41, 5.74) is 2.16. The quantitative estimate of drug-likeness (QED) is 0.688. The van der Waals surface area contributed by atoms with Crippen LogP contribution in [0.4, 0.5) is 24.5 Å². The van der Waals surface area contributed by atoms with Gasteiger partial charge in [-0.25, -0.2) is 0 Å². The molecule has 4 rings (SSSR count). The number of carbonyl (C=O) groups is 1. The van der Waals surface area contributed by atoms with E-state index in [4.69, 9.17) is 0 Å². The number of benzene rings is 2. The van der Waals surface area contributed by atoms with E-state index < -0.39 is 12.6 Å². The number of anilines is 2. The molecule has 0 saturated carbocycles. The molecule has 2 aromatic rings. The number of halogens is 3. The number of nitrogens with zero attached hydrogens (tertiary/aromatic N) is 3. The van der Waals surface area contributed by atoms with Crippen LogP contribution in [0.3, 0.4) is 0 Å². The van der Waals surface area contributed by atoms with Crippen LogP contribution in [0.2, 0.25) is 0 Å². The van der Waals surface area contributed by atoms with Crippen LogP contribution in [0, 0.1) is 5.92 Å². The van der Waals surface area contributed by atoms with Crippen molar-refractivity contribution in [1.82, 2.24) is 4.90 Å². The Bertz CT molecular complexity index is 941. The van der Waals surface area contributed by atoms with E-state index in [0.29, 0.717) is 17.2 Å². The van der Waals surface area contributed by atoms with E-state index in [1.54, 1.807) is 6.07 Å². The molecule has 2 aromatic carbocycles. The van der Waals surface area contributed by atoms with Gasteiger partial charge in [-0.05, 0) is 37.1 Å². The van der Waals surface area contributed by atoms with Gasteiger partial charge in [0.2, 0.25) is 0 Å². The molecule has 1 saturated heterocycles. The number of alkyl halides is 3. The molecule has 7 heteroatoms. The maximum Gasteiger partial charge on any atom is 0.390 e. The SMILES string of the molecule is CC(C)CN1CCCN(c2ccc3c4c(cccc24)C(=O)N3CCC(F)(F)F)CC1. The maximum atomic E-state index is 12.8. The number of carbonyl (C=O) groups excluding carboxylic acids is 1. The van der Waals surface area contributed by atoms with E-state index in [1.807, 2.05) is 24.3 Å². The molecule has 4 nitrogen and oxygen atoms in total. The first-order chi connectivity index (χ1) is 14.2. The van der Waals surface area contributed by atoms with Crippen LogP contribution >= 0.6 is 0 Å². The first-order valence-corrected chi connectivity index (χ1v) is 10.7. The maximum absolute atomic E-state index is 12.8. The van der Waals surface area contributed by atoms with Gasteiger partial charge in [0.1, 0.15) is 0 Å². The molecular weight excluding hydrogens is 391 g/mol. The highest BCUT2D eigenvalue weighted by Crippen LogP contribution is 2.42. The van der Waals surface area contributed by atoms with Gasteiger partial charge < -0.3 is 14.7 Å². The Morgan fingerprint density at radius 3 is 2.50 bits per heavy atom. The predicted molar refractivity (Wildman–Crippen MR) is 114 cm³/mol. The van der Waals surface area contributed by atoms with Gasteiger partial charge in [0.15, 0.2) is 0 Å². The number of hydrogen-bond acceptors (Lipinski definition) is 3. The molecule has 0 radical (unpaired) electrons. The van der Waals surface area contributed by atoms with Gasteiger partial charge in [0.05, 0.1) is 12.1 Å². The lowest BCUT2D eigenvalue weighted by atomic mass is 10.0. The molecule has 0 spiro atoms. The molecule has 0 bridgehead atoms. The van der Waals surface area contributed by atoms with E-state index in [-0.39, 0.29) is 12.5 Å². The zero-order valence-electron chi connectivity index (χ0n) is 17.5. The van der Waals surface area contributed by atoms with Crippen molar-refractivity contribution in [3.63, 3.8) is 0 Å². The first kappa shape index (κ1) is 21.0. The second kappa shape index (κ2) is 8.10. The topological polar surface area (TPSA) is 26.8 Å². The minimum Gasteiger partial charge on any atom is -0.370 e. The van der Waals surface area contributed by atoms with Crippen LogP contribution in [0.5, 0.6) is 0 Å². The van der Waals surface area contributed by atoms with Crippen molar-refractivity contribution >= 4 is 28.1 Å². The molecule has 2 aliphatic rings. The zero-order valence-corrected chi connectivity index (χ0v) is 17.5. The van der Waals surface area contributed by atoms with E-state index >= 15 is 0 Å². The zero-order chi connectivity index (χ0) is 21.5. The van der Waals surface area contributed by atoms with Gasteiger partial charge in [0.25, 0.3) is 5.91 Å². The molecule has 0 aliphatic carbocycles. The minimum absolute atomic E-state index is 0.337. The summed E-state index contributed by atoms with van der Waals surface area (Å²) in [5.74, 6) is 0.290. The van der Waals surface area contributed by atoms with Gasteiger partial charge in [0, 0.05) is 54.7 Å². The molecule has 30 heavy (non-hydrogen) atoms. The van der Waals surface area contributed by atoms with E-state index in [1.165, 1.54) is 4.90 Å². The summed E-state index contributed by atoms with van der Waals surface area (Å²) in [4.78, 5) is 18.9. The third-order valence-corrected chi connectivity index (χ3v) is 5.93. The highest BCUT2D eigenvalue weighted by molar-refractivity contribution is 6.26. The predicted octanol–water partition coefficient (Wildman–Crippen LogP) is 4.92. The second-order valence-electron chi connectivity index (χ2n) is 8.69. The van der Waals surface area contributed by atoms with E-state index in [2.05, 4.69) is 23.6 Å². The Kier molecular flexibility index (Phi) is 5.66. The Hall–Kier alpha value is -2.28. The Morgan fingerprint density at radius 1 is 1.00 bits per heavy atom. The Labute approximate surface area is 175 Å². The molecule has 1 amide bonds. The lowest BCUT2D eigenvalue weighted by Gasteiger charge is -2.26. The first-order valence-electron chi connectivity index (χ1n) is 10.7. The molecule has 0 unspecified atom stereocenters. The largest absolute Gasteiger partial charge is 0.390 e. The van der Waals surface area contributed by atoms with Crippen molar-refractivity contribution in [3.8, 4) is 0 Å². The average molecular weight is 419 g/mol. The fourth-order valence-electron chi connectivity index (χ4n) is 4.68. The summed E-state index contributed by atoms with van der Waals surface area (Å²) in [6.07, 6.45) is -4.23. The van der Waals surface area contributed by atoms with E-state index in [0.717, 1.165) is 55.6 Å². The number of hydrogen-bond donors (Lipinski definition) is 0. The van der Waals surface area contributed by atoms with Crippen LogP contribution in [-0.4, -0.2) is 56.3 Å². The molecule has 0 aromatic heterocycles. The van der Waals surface area contributed by atoms with Crippen molar-refractivity contribution in [2.45, 2.75) is 32.9 Å². The normalized spacial score (nSPS) is 18.0. The second-order valence-corrected chi connectivity index (χ2v) is 8.69. The highest BCUT2D eigenvalue weighted by atomic mass is 19.4. The van der Waals surface area contributed by atoms with Gasteiger partial charge in [-0.15, -0.1) is 0 Å². The summed E-state index contributed by atoms with van der Waals surface area (Å²) in [7, 11) is 0. The summed E-state index contributed by atoms with van der Waals surface area (Å²) in [5, 5.41) is 1.73. The van der Waals surface area contributed by atoms with Gasteiger partial charge in [-0.1, -0.05) is 26.0 Å².